The Labute approximate surface area is 185 Å². The molecule has 0 saturated carbocycles. The minimum absolute atomic E-state index is 0.108. The van der Waals surface area contributed by atoms with E-state index in [1.54, 1.807) is 13.0 Å². The van der Waals surface area contributed by atoms with Crippen LogP contribution in [0, 0.1) is 5.41 Å². The van der Waals surface area contributed by atoms with Crippen LogP contribution in [0.25, 0.3) is 5.57 Å². The van der Waals surface area contributed by atoms with Crippen molar-refractivity contribution in [2.45, 2.75) is 32.6 Å². The van der Waals surface area contributed by atoms with Crippen molar-refractivity contribution in [1.29, 1.82) is 0 Å². The molecule has 0 aliphatic heterocycles. The summed E-state index contributed by atoms with van der Waals surface area (Å²) in [5, 5.41) is 0.609. The monoisotopic (exact) mass is 444 g/mol. The molecule has 0 amide bonds. The molecule has 156 valence electrons. The average Bonchev–Trinajstić information content (AvgIpc) is 3.04. The summed E-state index contributed by atoms with van der Waals surface area (Å²) in [6, 6.07) is 12.1. The summed E-state index contributed by atoms with van der Waals surface area (Å²) in [5.41, 5.74) is 3.78. The lowest BCUT2D eigenvalue weighted by molar-refractivity contribution is -0.145. The lowest BCUT2D eigenvalue weighted by atomic mass is 9.69. The lowest BCUT2D eigenvalue weighted by Crippen LogP contribution is -2.28. The Hall–Kier alpha value is -2.30. The third-order valence-corrected chi connectivity index (χ3v) is 6.67. The van der Waals surface area contributed by atoms with E-state index >= 15 is 0 Å². The number of hydrogen-bond donors (Lipinski definition) is 0. The first-order chi connectivity index (χ1) is 14.4. The Morgan fingerprint density at radius 3 is 2.67 bits per heavy atom. The summed E-state index contributed by atoms with van der Waals surface area (Å²) in [6.45, 7) is 1.78. The zero-order valence-electron chi connectivity index (χ0n) is 16.7. The Bertz CT molecular complexity index is 1030. The minimum Gasteiger partial charge on any atom is -0.480 e. The van der Waals surface area contributed by atoms with Gasteiger partial charge in [0.25, 0.3) is 0 Å². The van der Waals surface area contributed by atoms with E-state index in [1.807, 2.05) is 24.3 Å². The highest BCUT2D eigenvalue weighted by Crippen LogP contribution is 2.57. The number of benzene rings is 2. The fourth-order valence-electron chi connectivity index (χ4n) is 4.53. The van der Waals surface area contributed by atoms with Crippen LogP contribution in [0.5, 0.6) is 5.75 Å². The van der Waals surface area contributed by atoms with Crippen molar-refractivity contribution >= 4 is 40.5 Å². The number of hydrogen-bond acceptors (Lipinski definition) is 4. The fourth-order valence-corrected chi connectivity index (χ4v) is 5.05. The normalized spacial score (nSPS) is 19.7. The van der Waals surface area contributed by atoms with Crippen LogP contribution in [-0.2, 0) is 27.2 Å². The van der Waals surface area contributed by atoms with Crippen molar-refractivity contribution in [3.63, 3.8) is 0 Å². The molecule has 0 heterocycles. The summed E-state index contributed by atoms with van der Waals surface area (Å²) in [5.74, 6) is -0.00187. The third kappa shape index (κ3) is 3.86. The minimum atomic E-state index is -0.465. The van der Waals surface area contributed by atoms with Gasteiger partial charge in [0.1, 0.15) is 10.8 Å². The van der Waals surface area contributed by atoms with Crippen LogP contribution in [0.2, 0.25) is 10.0 Å². The van der Waals surface area contributed by atoms with Crippen molar-refractivity contribution < 1.29 is 19.1 Å². The number of ketones is 1. The maximum absolute atomic E-state index is 12.3. The molecule has 1 atom stereocenters. The highest BCUT2D eigenvalue weighted by molar-refractivity contribution is 6.44. The maximum Gasteiger partial charge on any atom is 0.344 e. The van der Waals surface area contributed by atoms with Gasteiger partial charge in [0.05, 0.1) is 11.6 Å². The Kier molecular flexibility index (Phi) is 5.90. The smallest absolute Gasteiger partial charge is 0.344 e. The number of ether oxygens (including phenoxy) is 2. The highest BCUT2D eigenvalue weighted by Gasteiger charge is 2.46. The standard InChI is InChI=1S/C24H22Cl2O4/c1-2-29-20(28)14-30-19-10-16-13-24(12-15-6-4-3-5-7-15)9-8-17(27)11-18(24)21(16)23(26)22(19)25/h3-7,10-11H,2,8-9,12-14H2,1H3. The zero-order chi connectivity index (χ0) is 21.3. The topological polar surface area (TPSA) is 52.6 Å². The number of esters is 1. The molecule has 0 N–H and O–H groups in total. The van der Waals surface area contributed by atoms with Crippen LogP contribution in [0.1, 0.15) is 36.5 Å². The van der Waals surface area contributed by atoms with Crippen molar-refractivity contribution in [3.8, 4) is 5.75 Å². The van der Waals surface area contributed by atoms with E-state index in [2.05, 4.69) is 12.1 Å². The predicted octanol–water partition coefficient (Wildman–Crippen LogP) is 5.47. The molecule has 4 nitrogen and oxygen atoms in total. The number of rotatable bonds is 6. The van der Waals surface area contributed by atoms with E-state index in [9.17, 15) is 9.59 Å². The van der Waals surface area contributed by atoms with Crippen LogP contribution >= 0.6 is 23.2 Å². The van der Waals surface area contributed by atoms with E-state index in [1.165, 1.54) is 5.56 Å². The van der Waals surface area contributed by atoms with Gasteiger partial charge in [-0.2, -0.15) is 0 Å². The molecule has 0 fully saturated rings. The van der Waals surface area contributed by atoms with Gasteiger partial charge < -0.3 is 9.47 Å². The van der Waals surface area contributed by atoms with E-state index in [0.29, 0.717) is 17.2 Å². The van der Waals surface area contributed by atoms with Crippen LogP contribution in [-0.4, -0.2) is 25.0 Å². The van der Waals surface area contributed by atoms with E-state index < -0.39 is 5.97 Å². The zero-order valence-corrected chi connectivity index (χ0v) is 18.2. The first-order valence-corrected chi connectivity index (χ1v) is 10.8. The molecular weight excluding hydrogens is 423 g/mol. The molecule has 1 unspecified atom stereocenters. The molecular formula is C24H22Cl2O4. The van der Waals surface area contributed by atoms with Crippen molar-refractivity contribution in [3.05, 3.63) is 69.2 Å². The van der Waals surface area contributed by atoms with Gasteiger partial charge in [0.2, 0.25) is 0 Å². The maximum atomic E-state index is 12.3. The summed E-state index contributed by atoms with van der Waals surface area (Å²) in [6.07, 6.45) is 4.56. The molecule has 0 bridgehead atoms. The number of fused-ring (bicyclic) bond motifs is 3. The number of allylic oxidation sites excluding steroid dienone is 2. The van der Waals surface area contributed by atoms with Gasteiger partial charge in [-0.05, 0) is 55.0 Å². The van der Waals surface area contributed by atoms with Crippen LogP contribution in [0.4, 0.5) is 0 Å². The van der Waals surface area contributed by atoms with E-state index in [-0.39, 0.29) is 29.4 Å². The van der Waals surface area contributed by atoms with Crippen molar-refractivity contribution in [2.75, 3.05) is 13.2 Å². The molecule has 0 aromatic heterocycles. The summed E-state index contributed by atoms with van der Waals surface area (Å²) >= 11 is 13.2. The molecule has 2 aliphatic rings. The second-order valence-electron chi connectivity index (χ2n) is 7.77. The van der Waals surface area contributed by atoms with Crippen LogP contribution in [0.15, 0.2) is 42.5 Å². The van der Waals surface area contributed by atoms with Gasteiger partial charge in [0, 0.05) is 17.4 Å². The number of halogens is 2. The molecule has 2 aliphatic carbocycles. The van der Waals surface area contributed by atoms with Crippen molar-refractivity contribution in [1.82, 2.24) is 0 Å². The summed E-state index contributed by atoms with van der Waals surface area (Å²) in [7, 11) is 0. The molecule has 2 aromatic rings. The largest absolute Gasteiger partial charge is 0.480 e. The first-order valence-electron chi connectivity index (χ1n) is 10.0. The Morgan fingerprint density at radius 2 is 1.93 bits per heavy atom. The van der Waals surface area contributed by atoms with Gasteiger partial charge in [-0.3, -0.25) is 4.79 Å². The first kappa shape index (κ1) is 21.0. The van der Waals surface area contributed by atoms with Gasteiger partial charge in [-0.1, -0.05) is 53.5 Å². The van der Waals surface area contributed by atoms with Crippen LogP contribution in [0.3, 0.4) is 0 Å². The molecule has 30 heavy (non-hydrogen) atoms. The predicted molar refractivity (Wildman–Crippen MR) is 117 cm³/mol. The van der Waals surface area contributed by atoms with Crippen molar-refractivity contribution in [2.24, 2.45) is 5.41 Å². The number of carbonyl (C=O) groups excluding carboxylic acids is 2. The third-order valence-electron chi connectivity index (χ3n) is 5.82. The molecule has 0 spiro atoms. The molecule has 0 saturated heterocycles. The van der Waals surface area contributed by atoms with Gasteiger partial charge in [-0.25, -0.2) is 4.79 Å². The highest BCUT2D eigenvalue weighted by atomic mass is 35.5. The lowest BCUT2D eigenvalue weighted by Gasteiger charge is -2.34. The molecule has 4 rings (SSSR count). The second kappa shape index (κ2) is 8.44. The van der Waals surface area contributed by atoms with Gasteiger partial charge in [0.15, 0.2) is 12.4 Å². The van der Waals surface area contributed by atoms with Crippen LogP contribution < -0.4 is 4.74 Å². The SMILES string of the molecule is CCOC(=O)COc1cc2c(c(Cl)c1Cl)C1=CC(=O)CCC1(Cc1ccccc1)C2. The fraction of sp³-hybridized carbons (Fsp3) is 0.333. The van der Waals surface area contributed by atoms with Gasteiger partial charge >= 0.3 is 5.97 Å². The molecule has 2 aromatic carbocycles. The quantitative estimate of drug-likeness (QED) is 0.554. The van der Waals surface area contributed by atoms with E-state index in [4.69, 9.17) is 32.7 Å². The van der Waals surface area contributed by atoms with Gasteiger partial charge in [-0.15, -0.1) is 0 Å². The Morgan fingerprint density at radius 1 is 1.17 bits per heavy atom. The average molecular weight is 445 g/mol. The Balaban J connectivity index is 1.72. The van der Waals surface area contributed by atoms with E-state index in [0.717, 1.165) is 36.0 Å². The summed E-state index contributed by atoms with van der Waals surface area (Å²) in [4.78, 5) is 24.0. The molecule has 0 radical (unpaired) electrons. The second-order valence-corrected chi connectivity index (χ2v) is 8.53. The number of carbonyl (C=O) groups is 2. The molecule has 6 heteroatoms. The summed E-state index contributed by atoms with van der Waals surface area (Å²) < 4.78 is 10.5.